The van der Waals surface area contributed by atoms with E-state index in [2.05, 4.69) is 31.0 Å². The van der Waals surface area contributed by atoms with Crippen molar-refractivity contribution in [1.29, 1.82) is 0 Å². The van der Waals surface area contributed by atoms with Gasteiger partial charge in [0.1, 0.15) is 0 Å². The van der Waals surface area contributed by atoms with Crippen LogP contribution in [0.5, 0.6) is 5.75 Å². The Hall–Kier alpha value is -4.71. The van der Waals surface area contributed by atoms with Crippen molar-refractivity contribution in [3.63, 3.8) is 0 Å². The molecule has 0 radical (unpaired) electrons. The summed E-state index contributed by atoms with van der Waals surface area (Å²) in [6.45, 7) is 1.59. The van der Waals surface area contributed by atoms with Crippen LogP contribution in [0.4, 0.5) is 17.2 Å². The van der Waals surface area contributed by atoms with E-state index in [4.69, 9.17) is 14.0 Å². The largest absolute Gasteiger partial charge is 0.494 e. The van der Waals surface area contributed by atoms with Gasteiger partial charge >= 0.3 is 17.9 Å². The second kappa shape index (κ2) is 11.4. The third-order valence-electron chi connectivity index (χ3n) is 6.13. The molecule has 3 amide bonds. The lowest BCUT2D eigenvalue weighted by Crippen LogP contribution is -2.48. The van der Waals surface area contributed by atoms with Crippen LogP contribution in [-0.2, 0) is 9.53 Å². The number of ether oxygens (including phenoxy) is 2. The summed E-state index contributed by atoms with van der Waals surface area (Å²) < 4.78 is 16.1. The number of amides is 3. The van der Waals surface area contributed by atoms with Crippen molar-refractivity contribution < 1.29 is 43.7 Å². The van der Waals surface area contributed by atoms with Crippen molar-refractivity contribution in [1.82, 2.24) is 30.6 Å². The molecule has 1 saturated carbocycles. The molecule has 2 aromatic heterocycles. The van der Waals surface area contributed by atoms with E-state index in [0.717, 1.165) is 12.8 Å². The zero-order chi connectivity index (χ0) is 29.1. The van der Waals surface area contributed by atoms with Gasteiger partial charge in [0, 0.05) is 25.1 Å². The summed E-state index contributed by atoms with van der Waals surface area (Å²) in [6.07, 6.45) is -2.03. The van der Waals surface area contributed by atoms with Crippen LogP contribution in [0.25, 0.3) is 11.4 Å². The number of rotatable bonds is 9. The Morgan fingerprint density at radius 3 is 2.54 bits per heavy atom. The first-order valence-electron chi connectivity index (χ1n) is 12.5. The van der Waals surface area contributed by atoms with E-state index in [1.807, 2.05) is 0 Å². The van der Waals surface area contributed by atoms with Gasteiger partial charge in [0.15, 0.2) is 17.3 Å². The molecule has 0 bridgehead atoms. The van der Waals surface area contributed by atoms with Crippen molar-refractivity contribution in [3.8, 4) is 17.1 Å². The molecule has 216 valence electrons. The van der Waals surface area contributed by atoms with Crippen molar-refractivity contribution in [2.45, 2.75) is 18.9 Å². The number of benzene rings is 1. The second-order valence-electron chi connectivity index (χ2n) is 9.18. The van der Waals surface area contributed by atoms with Crippen molar-refractivity contribution >= 4 is 34.9 Å². The molecular formula is C24H26N8O9. The SMILES string of the molecule is COc1c(Nc2cc(NC(=O)C3CC3)nnc2C(=O)NC(O)(O)O)cccc1-c1noc(C(=O)N2CCOCC2)n1. The molecule has 41 heavy (non-hydrogen) atoms. The number of hydrogen-bond acceptors (Lipinski definition) is 14. The number of hydrogen-bond donors (Lipinski definition) is 6. The monoisotopic (exact) mass is 570 g/mol. The predicted octanol–water partition coefficient (Wildman–Crippen LogP) is -0.582. The van der Waals surface area contributed by atoms with E-state index in [0.29, 0.717) is 31.9 Å². The van der Waals surface area contributed by atoms with E-state index in [-0.39, 0.29) is 46.5 Å². The van der Waals surface area contributed by atoms with Gasteiger partial charge in [-0.15, -0.1) is 10.2 Å². The molecule has 1 aromatic carbocycles. The van der Waals surface area contributed by atoms with Gasteiger partial charge in [-0.1, -0.05) is 11.2 Å². The molecule has 17 heteroatoms. The Bertz CT molecular complexity index is 1460. The number of morpholine rings is 1. The Morgan fingerprint density at radius 2 is 1.85 bits per heavy atom. The lowest BCUT2D eigenvalue weighted by molar-refractivity contribution is -0.323. The number of nitrogens with one attached hydrogen (secondary N) is 3. The smallest absolute Gasteiger partial charge is 0.369 e. The first kappa shape index (κ1) is 27.8. The predicted molar refractivity (Wildman–Crippen MR) is 137 cm³/mol. The van der Waals surface area contributed by atoms with Crippen LogP contribution in [0.3, 0.4) is 0 Å². The maximum Gasteiger partial charge on any atom is 0.369 e. The van der Waals surface area contributed by atoms with Crippen LogP contribution >= 0.6 is 0 Å². The number of aromatic nitrogens is 4. The number of carbonyl (C=O) groups is 3. The van der Waals surface area contributed by atoms with Crippen LogP contribution in [0.1, 0.15) is 34.0 Å². The standard InChI is InChI=1S/C24H26N8O9/c1-39-18-13(19-27-22(41-31-19)23(35)32-7-9-40-10-8-32)3-2-4-14(18)25-15-11-16(26-20(33)12-5-6-12)29-30-17(15)21(34)28-24(36,37)38/h2-4,11-12,36-38H,5-10H2,1H3,(H,28,34)(H2,25,26,29,33). The highest BCUT2D eigenvalue weighted by atomic mass is 16.7. The number of aliphatic hydroxyl groups is 3. The number of para-hydroxylation sites is 1. The fourth-order valence-electron chi connectivity index (χ4n) is 4.00. The Morgan fingerprint density at radius 1 is 1.10 bits per heavy atom. The maximum atomic E-state index is 12.8. The summed E-state index contributed by atoms with van der Waals surface area (Å²) in [5.74, 6) is -2.00. The lowest BCUT2D eigenvalue weighted by Gasteiger charge is -2.25. The van der Waals surface area contributed by atoms with Crippen LogP contribution in [-0.4, -0.2) is 97.8 Å². The average molecular weight is 571 g/mol. The quantitative estimate of drug-likeness (QED) is 0.177. The first-order valence-corrected chi connectivity index (χ1v) is 12.5. The highest BCUT2D eigenvalue weighted by molar-refractivity contribution is 6.00. The molecule has 0 spiro atoms. The molecule has 2 aliphatic rings. The summed E-state index contributed by atoms with van der Waals surface area (Å²) in [7, 11) is 1.38. The van der Waals surface area contributed by atoms with Gasteiger partial charge in [-0.2, -0.15) is 4.98 Å². The van der Waals surface area contributed by atoms with Gasteiger partial charge < -0.3 is 44.8 Å². The Labute approximate surface area is 231 Å². The summed E-state index contributed by atoms with van der Waals surface area (Å²) >= 11 is 0. The number of methoxy groups -OCH3 is 1. The zero-order valence-electron chi connectivity index (χ0n) is 21.7. The van der Waals surface area contributed by atoms with Crippen molar-refractivity contribution in [2.75, 3.05) is 44.0 Å². The topological polar surface area (TPSA) is 234 Å². The molecule has 17 nitrogen and oxygen atoms in total. The van der Waals surface area contributed by atoms with E-state index in [1.165, 1.54) is 13.2 Å². The van der Waals surface area contributed by atoms with Gasteiger partial charge in [0.2, 0.25) is 11.7 Å². The molecule has 2 fully saturated rings. The average Bonchev–Trinajstić information content (AvgIpc) is 3.69. The van der Waals surface area contributed by atoms with Gasteiger partial charge in [-0.25, -0.2) is 0 Å². The van der Waals surface area contributed by atoms with Crippen molar-refractivity contribution in [3.05, 3.63) is 35.9 Å². The van der Waals surface area contributed by atoms with Crippen molar-refractivity contribution in [2.24, 2.45) is 5.92 Å². The van der Waals surface area contributed by atoms with Crippen LogP contribution in [0, 0.1) is 5.92 Å². The second-order valence-corrected chi connectivity index (χ2v) is 9.18. The van der Waals surface area contributed by atoms with E-state index in [1.54, 1.807) is 28.4 Å². The minimum atomic E-state index is -3.53. The van der Waals surface area contributed by atoms with Gasteiger partial charge in [0.25, 0.3) is 5.91 Å². The summed E-state index contributed by atoms with van der Waals surface area (Å²) in [6, 6.07) is 6.12. The number of nitrogens with zero attached hydrogens (tertiary/aromatic N) is 5. The minimum absolute atomic E-state index is 0.0174. The number of carbonyl (C=O) groups excluding carboxylic acids is 3. The highest BCUT2D eigenvalue weighted by Gasteiger charge is 2.31. The Kier molecular flexibility index (Phi) is 7.75. The fourth-order valence-corrected chi connectivity index (χ4v) is 4.00. The van der Waals surface area contributed by atoms with E-state index >= 15 is 0 Å². The van der Waals surface area contributed by atoms with Gasteiger partial charge in [-0.05, 0) is 25.0 Å². The van der Waals surface area contributed by atoms with Crippen LogP contribution in [0.15, 0.2) is 28.8 Å². The van der Waals surface area contributed by atoms with E-state index < -0.39 is 23.6 Å². The third kappa shape index (κ3) is 6.55. The summed E-state index contributed by atoms with van der Waals surface area (Å²) in [5, 5.41) is 46.3. The molecule has 1 aliphatic heterocycles. The molecule has 3 aromatic rings. The maximum absolute atomic E-state index is 12.8. The molecule has 0 unspecified atom stereocenters. The molecule has 0 atom stereocenters. The third-order valence-corrected chi connectivity index (χ3v) is 6.13. The van der Waals surface area contributed by atoms with E-state index in [9.17, 15) is 29.7 Å². The van der Waals surface area contributed by atoms with Gasteiger partial charge in [-0.3, -0.25) is 19.7 Å². The molecule has 5 rings (SSSR count). The zero-order valence-corrected chi connectivity index (χ0v) is 21.7. The van der Waals surface area contributed by atoms with Crippen LogP contribution in [0.2, 0.25) is 0 Å². The molecule has 1 saturated heterocycles. The lowest BCUT2D eigenvalue weighted by atomic mass is 10.1. The minimum Gasteiger partial charge on any atom is -0.494 e. The molecule has 6 N–H and O–H groups in total. The Balaban J connectivity index is 1.46. The summed E-state index contributed by atoms with van der Waals surface area (Å²) in [5.41, 5.74) is 0.0965. The fraction of sp³-hybridized carbons (Fsp3) is 0.375. The number of anilines is 3. The first-order chi connectivity index (χ1) is 19.6. The molecular weight excluding hydrogens is 544 g/mol. The van der Waals surface area contributed by atoms with Gasteiger partial charge in [0.05, 0.1) is 37.3 Å². The normalized spacial score (nSPS) is 15.3. The molecule has 3 heterocycles. The highest BCUT2D eigenvalue weighted by Crippen LogP contribution is 2.37. The molecule has 1 aliphatic carbocycles. The summed E-state index contributed by atoms with van der Waals surface area (Å²) in [4.78, 5) is 43.4. The van der Waals surface area contributed by atoms with Crippen LogP contribution < -0.4 is 20.7 Å².